The predicted octanol–water partition coefficient (Wildman–Crippen LogP) is 4.90. The van der Waals surface area contributed by atoms with Crippen LogP contribution in [0.3, 0.4) is 0 Å². The number of unbranched alkanes of at least 4 members (excludes halogenated alkanes) is 2. The summed E-state index contributed by atoms with van der Waals surface area (Å²) in [6.07, 6.45) is 4.42. The summed E-state index contributed by atoms with van der Waals surface area (Å²) < 4.78 is 11.7. The van der Waals surface area contributed by atoms with Gasteiger partial charge in [0.25, 0.3) is 0 Å². The van der Waals surface area contributed by atoms with Crippen LogP contribution in [-0.4, -0.2) is 18.2 Å². The van der Waals surface area contributed by atoms with Gasteiger partial charge in [-0.3, -0.25) is 4.98 Å². The molecule has 2 rings (SSSR count). The molecule has 0 aliphatic rings. The molecule has 3 nitrogen and oxygen atoms in total. The van der Waals surface area contributed by atoms with Gasteiger partial charge in [-0.1, -0.05) is 26.7 Å². The lowest BCUT2D eigenvalue weighted by Gasteiger charge is -2.11. The number of rotatable bonds is 8. The molecular weight excluding hydrogens is 262 g/mol. The predicted molar refractivity (Wildman–Crippen MR) is 87.3 cm³/mol. The summed E-state index contributed by atoms with van der Waals surface area (Å²) >= 11 is 0. The highest BCUT2D eigenvalue weighted by molar-refractivity contribution is 5.86. The quantitative estimate of drug-likeness (QED) is 0.647. The normalized spacial score (nSPS) is 10.8. The first-order valence-electron chi connectivity index (χ1n) is 7.91. The monoisotopic (exact) mass is 287 g/mol. The standard InChI is InChI=1S/C18H25NO2/c1-4-6-10-20-15-8-9-16-17(13-15)19-14(3)12-18(16)21-11-7-5-2/h8-9,12-13H,4-7,10-11H2,1-3H3. The fraction of sp³-hybridized carbons (Fsp3) is 0.500. The van der Waals surface area contributed by atoms with Crippen molar-refractivity contribution in [2.24, 2.45) is 0 Å². The third kappa shape index (κ3) is 4.35. The maximum absolute atomic E-state index is 5.90. The summed E-state index contributed by atoms with van der Waals surface area (Å²) in [7, 11) is 0. The molecule has 2 aromatic rings. The molecule has 0 spiro atoms. The van der Waals surface area contributed by atoms with Gasteiger partial charge >= 0.3 is 0 Å². The fourth-order valence-electron chi connectivity index (χ4n) is 2.17. The zero-order valence-electron chi connectivity index (χ0n) is 13.3. The number of benzene rings is 1. The van der Waals surface area contributed by atoms with E-state index in [9.17, 15) is 0 Å². The van der Waals surface area contributed by atoms with Gasteiger partial charge in [-0.05, 0) is 31.9 Å². The van der Waals surface area contributed by atoms with Crippen LogP contribution in [0.25, 0.3) is 10.9 Å². The van der Waals surface area contributed by atoms with Crippen molar-refractivity contribution in [2.45, 2.75) is 46.5 Å². The molecule has 1 heterocycles. The van der Waals surface area contributed by atoms with Crippen molar-refractivity contribution in [3.63, 3.8) is 0 Å². The molecule has 0 N–H and O–H groups in total. The highest BCUT2D eigenvalue weighted by atomic mass is 16.5. The zero-order chi connectivity index (χ0) is 15.1. The molecule has 1 aromatic carbocycles. The Bertz CT molecular complexity index is 581. The van der Waals surface area contributed by atoms with Gasteiger partial charge in [0.2, 0.25) is 0 Å². The Labute approximate surface area is 127 Å². The number of aromatic nitrogens is 1. The number of ether oxygens (including phenoxy) is 2. The first kappa shape index (κ1) is 15.6. The minimum atomic E-state index is 0.754. The van der Waals surface area contributed by atoms with Crippen LogP contribution in [0.15, 0.2) is 24.3 Å². The average molecular weight is 287 g/mol. The molecule has 0 amide bonds. The molecule has 21 heavy (non-hydrogen) atoms. The van der Waals surface area contributed by atoms with E-state index in [-0.39, 0.29) is 0 Å². The lowest BCUT2D eigenvalue weighted by molar-refractivity contribution is 0.309. The van der Waals surface area contributed by atoms with Gasteiger partial charge in [0.05, 0.1) is 18.7 Å². The first-order valence-corrected chi connectivity index (χ1v) is 7.91. The van der Waals surface area contributed by atoms with E-state index in [0.29, 0.717) is 0 Å². The van der Waals surface area contributed by atoms with E-state index in [1.54, 1.807) is 0 Å². The number of hydrogen-bond donors (Lipinski definition) is 0. The SMILES string of the molecule is CCCCOc1ccc2c(OCCCC)cc(C)nc2c1. The van der Waals surface area contributed by atoms with Crippen LogP contribution in [0, 0.1) is 6.92 Å². The smallest absolute Gasteiger partial charge is 0.130 e. The Hall–Kier alpha value is -1.77. The molecule has 0 saturated heterocycles. The summed E-state index contributed by atoms with van der Waals surface area (Å²) in [6, 6.07) is 8.06. The molecular formula is C18H25NO2. The largest absolute Gasteiger partial charge is 0.494 e. The lowest BCUT2D eigenvalue weighted by Crippen LogP contribution is -2.00. The minimum absolute atomic E-state index is 0.754. The van der Waals surface area contributed by atoms with E-state index in [1.807, 2.05) is 31.2 Å². The van der Waals surface area contributed by atoms with Crippen LogP contribution in [-0.2, 0) is 0 Å². The Kier molecular flexibility index (Phi) is 5.85. The highest BCUT2D eigenvalue weighted by Crippen LogP contribution is 2.28. The Morgan fingerprint density at radius 2 is 1.67 bits per heavy atom. The third-order valence-electron chi connectivity index (χ3n) is 3.39. The van der Waals surface area contributed by atoms with Gasteiger partial charge in [-0.2, -0.15) is 0 Å². The van der Waals surface area contributed by atoms with Gasteiger partial charge in [0.1, 0.15) is 11.5 Å². The van der Waals surface area contributed by atoms with Crippen molar-refractivity contribution in [3.05, 3.63) is 30.0 Å². The van der Waals surface area contributed by atoms with Crippen LogP contribution in [0.4, 0.5) is 0 Å². The molecule has 3 heteroatoms. The molecule has 0 fully saturated rings. The molecule has 114 valence electrons. The Morgan fingerprint density at radius 1 is 0.952 bits per heavy atom. The molecule has 0 aliphatic carbocycles. The van der Waals surface area contributed by atoms with Crippen LogP contribution in [0.5, 0.6) is 11.5 Å². The van der Waals surface area contributed by atoms with Gasteiger partial charge in [-0.15, -0.1) is 0 Å². The van der Waals surface area contributed by atoms with Crippen molar-refractivity contribution in [2.75, 3.05) is 13.2 Å². The minimum Gasteiger partial charge on any atom is -0.494 e. The van der Waals surface area contributed by atoms with Crippen molar-refractivity contribution in [1.29, 1.82) is 0 Å². The summed E-state index contributed by atoms with van der Waals surface area (Å²) in [5, 5.41) is 1.06. The van der Waals surface area contributed by atoms with Crippen molar-refractivity contribution < 1.29 is 9.47 Å². The maximum atomic E-state index is 5.90. The van der Waals surface area contributed by atoms with E-state index >= 15 is 0 Å². The molecule has 0 bridgehead atoms. The van der Waals surface area contributed by atoms with Crippen molar-refractivity contribution in [3.8, 4) is 11.5 Å². The van der Waals surface area contributed by atoms with Gasteiger partial charge in [0.15, 0.2) is 0 Å². The van der Waals surface area contributed by atoms with Crippen LogP contribution < -0.4 is 9.47 Å². The lowest BCUT2D eigenvalue weighted by atomic mass is 10.1. The topological polar surface area (TPSA) is 31.4 Å². The van der Waals surface area contributed by atoms with E-state index < -0.39 is 0 Å². The van der Waals surface area contributed by atoms with Gasteiger partial charge < -0.3 is 9.47 Å². The maximum Gasteiger partial charge on any atom is 0.130 e. The average Bonchev–Trinajstić information content (AvgIpc) is 2.47. The number of nitrogens with zero attached hydrogens (tertiary/aromatic N) is 1. The van der Waals surface area contributed by atoms with E-state index in [1.165, 1.54) is 0 Å². The number of aryl methyl sites for hydroxylation is 1. The molecule has 0 unspecified atom stereocenters. The molecule has 0 radical (unpaired) electrons. The fourth-order valence-corrected chi connectivity index (χ4v) is 2.17. The molecule has 0 saturated carbocycles. The van der Waals surface area contributed by atoms with E-state index in [2.05, 4.69) is 18.8 Å². The summed E-state index contributed by atoms with van der Waals surface area (Å²) in [5.41, 5.74) is 1.91. The second-order valence-electron chi connectivity index (χ2n) is 5.34. The van der Waals surface area contributed by atoms with Crippen molar-refractivity contribution in [1.82, 2.24) is 4.98 Å². The zero-order valence-corrected chi connectivity index (χ0v) is 13.3. The number of hydrogen-bond acceptors (Lipinski definition) is 3. The Balaban J connectivity index is 2.21. The number of fused-ring (bicyclic) bond motifs is 1. The van der Waals surface area contributed by atoms with Crippen LogP contribution in [0.2, 0.25) is 0 Å². The molecule has 1 aromatic heterocycles. The first-order chi connectivity index (χ1) is 10.2. The second-order valence-corrected chi connectivity index (χ2v) is 5.34. The summed E-state index contributed by atoms with van der Waals surface area (Å²) in [6.45, 7) is 7.84. The van der Waals surface area contributed by atoms with Crippen LogP contribution >= 0.6 is 0 Å². The summed E-state index contributed by atoms with van der Waals surface area (Å²) in [5.74, 6) is 1.81. The molecule has 0 atom stereocenters. The number of pyridine rings is 1. The second kappa shape index (κ2) is 7.87. The van der Waals surface area contributed by atoms with Crippen molar-refractivity contribution >= 4 is 10.9 Å². The Morgan fingerprint density at radius 3 is 2.38 bits per heavy atom. The van der Waals surface area contributed by atoms with E-state index in [4.69, 9.17) is 9.47 Å². The highest BCUT2D eigenvalue weighted by Gasteiger charge is 2.07. The van der Waals surface area contributed by atoms with Gasteiger partial charge in [0, 0.05) is 23.2 Å². The molecule has 0 aliphatic heterocycles. The van der Waals surface area contributed by atoms with Gasteiger partial charge in [-0.25, -0.2) is 0 Å². The van der Waals surface area contributed by atoms with E-state index in [0.717, 1.165) is 67.0 Å². The third-order valence-corrected chi connectivity index (χ3v) is 3.39. The summed E-state index contributed by atoms with van der Waals surface area (Å²) in [4.78, 5) is 4.59. The van der Waals surface area contributed by atoms with Crippen LogP contribution in [0.1, 0.15) is 45.2 Å².